The van der Waals surface area contributed by atoms with E-state index in [9.17, 15) is 9.18 Å². The summed E-state index contributed by atoms with van der Waals surface area (Å²) in [6.45, 7) is 0.489. The highest BCUT2D eigenvalue weighted by Crippen LogP contribution is 2.40. The molecule has 0 spiro atoms. The topological polar surface area (TPSA) is 63.2 Å². The molecular formula is C19H17FO6. The van der Waals surface area contributed by atoms with Crippen molar-refractivity contribution in [2.45, 2.75) is 18.9 Å². The number of ether oxygens (including phenoxy) is 5. The van der Waals surface area contributed by atoms with Gasteiger partial charge in [0, 0.05) is 17.5 Å². The van der Waals surface area contributed by atoms with Gasteiger partial charge in [-0.2, -0.15) is 0 Å². The van der Waals surface area contributed by atoms with Crippen LogP contribution in [0.4, 0.5) is 4.39 Å². The molecule has 0 saturated carbocycles. The Bertz CT molecular complexity index is 850. The first-order chi connectivity index (χ1) is 12.7. The predicted octanol–water partition coefficient (Wildman–Crippen LogP) is 3.17. The summed E-state index contributed by atoms with van der Waals surface area (Å²) >= 11 is 0. The lowest BCUT2D eigenvalue weighted by Gasteiger charge is -2.11. The van der Waals surface area contributed by atoms with E-state index in [1.807, 2.05) is 6.07 Å². The average molecular weight is 360 g/mol. The average Bonchev–Trinajstić information content (AvgIpc) is 3.27. The van der Waals surface area contributed by atoms with Crippen LogP contribution < -0.4 is 18.9 Å². The number of rotatable bonds is 5. The van der Waals surface area contributed by atoms with Gasteiger partial charge in [0.15, 0.2) is 11.5 Å². The van der Waals surface area contributed by atoms with Crippen LogP contribution in [0.3, 0.4) is 0 Å². The zero-order valence-corrected chi connectivity index (χ0v) is 14.1. The van der Waals surface area contributed by atoms with Crippen LogP contribution in [-0.2, 0) is 16.1 Å². The Morgan fingerprint density at radius 3 is 2.92 bits per heavy atom. The first kappa shape index (κ1) is 16.5. The third-order valence-corrected chi connectivity index (χ3v) is 4.47. The molecule has 2 aliphatic heterocycles. The van der Waals surface area contributed by atoms with Gasteiger partial charge in [-0.1, -0.05) is 6.07 Å². The summed E-state index contributed by atoms with van der Waals surface area (Å²) in [6, 6.07) is 8.24. The Balaban J connectivity index is 1.48. The van der Waals surface area contributed by atoms with E-state index in [1.165, 1.54) is 19.2 Å². The summed E-state index contributed by atoms with van der Waals surface area (Å²) < 4.78 is 40.7. The quantitative estimate of drug-likeness (QED) is 0.763. The molecule has 0 amide bonds. The molecule has 0 fully saturated rings. The van der Waals surface area contributed by atoms with E-state index < -0.39 is 5.82 Å². The molecule has 0 N–H and O–H groups in total. The fraction of sp³-hybridized carbons (Fsp3) is 0.316. The number of methoxy groups -OCH3 is 1. The van der Waals surface area contributed by atoms with Gasteiger partial charge in [0.1, 0.15) is 23.9 Å². The largest absolute Gasteiger partial charge is 0.492 e. The first-order valence-electron chi connectivity index (χ1n) is 8.19. The molecule has 4 rings (SSSR count). The van der Waals surface area contributed by atoms with Gasteiger partial charge in [-0.05, 0) is 18.2 Å². The second kappa shape index (κ2) is 6.74. The predicted molar refractivity (Wildman–Crippen MR) is 88.2 cm³/mol. The van der Waals surface area contributed by atoms with Gasteiger partial charge in [-0.25, -0.2) is 4.39 Å². The SMILES string of the molecule is COC(=O)CC1COc2cc(OCc3c(F)ccc4c3OCO4)ccc21. The van der Waals surface area contributed by atoms with E-state index in [4.69, 9.17) is 23.7 Å². The lowest BCUT2D eigenvalue weighted by molar-refractivity contribution is -0.141. The molecule has 2 heterocycles. The van der Waals surface area contributed by atoms with E-state index >= 15 is 0 Å². The van der Waals surface area contributed by atoms with Gasteiger partial charge < -0.3 is 23.7 Å². The van der Waals surface area contributed by atoms with Crippen LogP contribution in [0.2, 0.25) is 0 Å². The van der Waals surface area contributed by atoms with Crippen LogP contribution in [-0.4, -0.2) is 26.5 Å². The Kier molecular flexibility index (Phi) is 4.28. The van der Waals surface area contributed by atoms with Crippen LogP contribution in [0.1, 0.15) is 23.5 Å². The molecule has 0 saturated heterocycles. The molecule has 1 atom stereocenters. The lowest BCUT2D eigenvalue weighted by Crippen LogP contribution is -2.09. The van der Waals surface area contributed by atoms with E-state index in [0.717, 1.165) is 5.56 Å². The number of halogens is 1. The summed E-state index contributed by atoms with van der Waals surface area (Å²) in [5, 5.41) is 0. The lowest BCUT2D eigenvalue weighted by atomic mass is 9.98. The van der Waals surface area contributed by atoms with Crippen LogP contribution in [0.5, 0.6) is 23.0 Å². The highest BCUT2D eigenvalue weighted by atomic mass is 19.1. The maximum absolute atomic E-state index is 14.1. The molecule has 136 valence electrons. The molecule has 0 aliphatic carbocycles. The Morgan fingerprint density at radius 1 is 1.19 bits per heavy atom. The normalized spacial score (nSPS) is 16.8. The second-order valence-corrected chi connectivity index (χ2v) is 6.04. The standard InChI is InChI=1S/C19H17FO6/c1-22-18(21)6-11-8-24-17-7-12(2-3-13(11)17)23-9-14-15(20)4-5-16-19(14)26-10-25-16/h2-5,7,11H,6,8-10H2,1H3. The Hall–Kier alpha value is -2.96. The number of hydrogen-bond donors (Lipinski definition) is 0. The van der Waals surface area contributed by atoms with Crippen LogP contribution in [0.25, 0.3) is 0 Å². The fourth-order valence-electron chi connectivity index (χ4n) is 3.10. The molecule has 2 aliphatic rings. The number of hydrogen-bond acceptors (Lipinski definition) is 6. The first-order valence-corrected chi connectivity index (χ1v) is 8.19. The van der Waals surface area contributed by atoms with Crippen molar-refractivity contribution in [3.8, 4) is 23.0 Å². The highest BCUT2D eigenvalue weighted by Gasteiger charge is 2.27. The maximum Gasteiger partial charge on any atom is 0.306 e. The summed E-state index contributed by atoms with van der Waals surface area (Å²) in [4.78, 5) is 11.5. The fourth-order valence-corrected chi connectivity index (χ4v) is 3.10. The summed E-state index contributed by atoms with van der Waals surface area (Å²) in [5.74, 6) is 1.36. The molecule has 7 heteroatoms. The van der Waals surface area contributed by atoms with Crippen molar-refractivity contribution in [1.29, 1.82) is 0 Å². The van der Waals surface area contributed by atoms with Crippen molar-refractivity contribution in [1.82, 2.24) is 0 Å². The van der Waals surface area contributed by atoms with Crippen molar-refractivity contribution < 1.29 is 32.9 Å². The molecule has 2 aromatic rings. The maximum atomic E-state index is 14.1. The summed E-state index contributed by atoms with van der Waals surface area (Å²) in [5.41, 5.74) is 1.25. The van der Waals surface area contributed by atoms with E-state index in [2.05, 4.69) is 0 Å². The van der Waals surface area contributed by atoms with E-state index in [0.29, 0.717) is 35.2 Å². The minimum absolute atomic E-state index is 0.00272. The van der Waals surface area contributed by atoms with Crippen LogP contribution in [0, 0.1) is 5.82 Å². The minimum Gasteiger partial charge on any atom is -0.492 e. The molecule has 0 aromatic heterocycles. The monoisotopic (exact) mass is 360 g/mol. The minimum atomic E-state index is -0.412. The zero-order valence-electron chi connectivity index (χ0n) is 14.1. The summed E-state index contributed by atoms with van der Waals surface area (Å²) in [7, 11) is 1.37. The molecule has 6 nitrogen and oxygen atoms in total. The number of benzene rings is 2. The molecule has 2 aromatic carbocycles. The molecule has 0 bridgehead atoms. The van der Waals surface area contributed by atoms with Crippen molar-refractivity contribution in [2.24, 2.45) is 0 Å². The van der Waals surface area contributed by atoms with Gasteiger partial charge in [-0.15, -0.1) is 0 Å². The van der Waals surface area contributed by atoms with Gasteiger partial charge in [-0.3, -0.25) is 4.79 Å². The van der Waals surface area contributed by atoms with Crippen molar-refractivity contribution >= 4 is 5.97 Å². The number of carbonyl (C=O) groups is 1. The highest BCUT2D eigenvalue weighted by molar-refractivity contribution is 5.71. The third-order valence-electron chi connectivity index (χ3n) is 4.47. The number of fused-ring (bicyclic) bond motifs is 2. The number of carbonyl (C=O) groups excluding carboxylic acids is 1. The van der Waals surface area contributed by atoms with Crippen molar-refractivity contribution in [3.63, 3.8) is 0 Å². The molecule has 26 heavy (non-hydrogen) atoms. The van der Waals surface area contributed by atoms with Crippen LogP contribution >= 0.6 is 0 Å². The molecule has 1 unspecified atom stereocenters. The molecular weight excluding hydrogens is 343 g/mol. The van der Waals surface area contributed by atoms with E-state index in [-0.39, 0.29) is 31.7 Å². The van der Waals surface area contributed by atoms with Gasteiger partial charge in [0.05, 0.1) is 25.7 Å². The second-order valence-electron chi connectivity index (χ2n) is 6.04. The van der Waals surface area contributed by atoms with Gasteiger partial charge in [0.2, 0.25) is 6.79 Å². The van der Waals surface area contributed by atoms with Gasteiger partial charge >= 0.3 is 5.97 Å². The van der Waals surface area contributed by atoms with Crippen molar-refractivity contribution in [2.75, 3.05) is 20.5 Å². The third kappa shape index (κ3) is 3.00. The van der Waals surface area contributed by atoms with Crippen molar-refractivity contribution in [3.05, 3.63) is 47.3 Å². The Morgan fingerprint density at radius 2 is 2.08 bits per heavy atom. The van der Waals surface area contributed by atoms with Gasteiger partial charge in [0.25, 0.3) is 0 Å². The molecule has 0 radical (unpaired) electrons. The number of esters is 1. The summed E-state index contributed by atoms with van der Waals surface area (Å²) in [6.07, 6.45) is 0.266. The van der Waals surface area contributed by atoms with Crippen LogP contribution in [0.15, 0.2) is 30.3 Å². The Labute approximate surface area is 149 Å². The zero-order chi connectivity index (χ0) is 18.1. The smallest absolute Gasteiger partial charge is 0.306 e. The van der Waals surface area contributed by atoms with E-state index in [1.54, 1.807) is 12.1 Å².